The van der Waals surface area contributed by atoms with Crippen LogP contribution in [0.1, 0.15) is 58.6 Å². The maximum absolute atomic E-state index is 13.1. The summed E-state index contributed by atoms with van der Waals surface area (Å²) in [5.41, 5.74) is 4.05. The predicted molar refractivity (Wildman–Crippen MR) is 108 cm³/mol. The molecular formula is C21H23N5OS. The van der Waals surface area contributed by atoms with Crippen molar-refractivity contribution in [2.24, 2.45) is 7.05 Å². The number of aromatic nitrogens is 4. The molecule has 1 aliphatic carbocycles. The molecule has 5 rings (SSSR count). The van der Waals surface area contributed by atoms with E-state index < -0.39 is 0 Å². The smallest absolute Gasteiger partial charge is 0.257 e. The van der Waals surface area contributed by atoms with Gasteiger partial charge in [0.1, 0.15) is 0 Å². The topological polar surface area (TPSA) is 63.9 Å². The van der Waals surface area contributed by atoms with Gasteiger partial charge in [0.15, 0.2) is 0 Å². The molecule has 1 aliphatic heterocycles. The first-order valence-electron chi connectivity index (χ1n) is 9.87. The molecule has 2 aliphatic rings. The maximum Gasteiger partial charge on any atom is 0.257 e. The molecule has 4 heterocycles. The molecule has 1 saturated carbocycles. The fourth-order valence-corrected chi connectivity index (χ4v) is 5.08. The molecule has 28 heavy (non-hydrogen) atoms. The fourth-order valence-electron chi connectivity index (χ4n) is 4.08. The number of nitrogens with zero attached hydrogens (tertiary/aromatic N) is 5. The Morgan fingerprint density at radius 3 is 2.57 bits per heavy atom. The number of likely N-dealkylation sites (tertiary alicyclic amines) is 1. The summed E-state index contributed by atoms with van der Waals surface area (Å²) in [7, 11) is 1.94. The molecule has 2 fully saturated rings. The average Bonchev–Trinajstić information content (AvgIpc) is 3.31. The number of pyridine rings is 1. The summed E-state index contributed by atoms with van der Waals surface area (Å²) in [5.74, 6) is 1.09. The minimum atomic E-state index is 0.144. The van der Waals surface area contributed by atoms with Crippen molar-refractivity contribution >= 4 is 17.2 Å². The van der Waals surface area contributed by atoms with E-state index >= 15 is 0 Å². The quantitative estimate of drug-likeness (QED) is 0.676. The molecule has 7 heteroatoms. The normalized spacial score (nSPS) is 17.8. The highest BCUT2D eigenvalue weighted by Gasteiger charge is 2.34. The zero-order valence-corrected chi connectivity index (χ0v) is 16.7. The number of piperidine rings is 1. The van der Waals surface area contributed by atoms with Crippen LogP contribution in [0.3, 0.4) is 0 Å². The van der Waals surface area contributed by atoms with Crippen molar-refractivity contribution in [2.75, 3.05) is 13.1 Å². The minimum Gasteiger partial charge on any atom is -0.338 e. The molecule has 3 aromatic rings. The number of amides is 1. The van der Waals surface area contributed by atoms with Crippen molar-refractivity contribution in [3.8, 4) is 11.3 Å². The number of carbonyl (C=O) groups excluding carboxylic acids is 1. The fraction of sp³-hybridized carbons (Fsp3) is 0.429. The van der Waals surface area contributed by atoms with Crippen LogP contribution in [-0.2, 0) is 7.05 Å². The van der Waals surface area contributed by atoms with E-state index in [4.69, 9.17) is 4.98 Å². The lowest BCUT2D eigenvalue weighted by atomic mass is 9.97. The van der Waals surface area contributed by atoms with E-state index in [1.807, 2.05) is 28.8 Å². The Labute approximate surface area is 168 Å². The Balaban J connectivity index is 1.26. The third kappa shape index (κ3) is 3.24. The van der Waals surface area contributed by atoms with Gasteiger partial charge in [-0.2, -0.15) is 5.10 Å². The van der Waals surface area contributed by atoms with Crippen molar-refractivity contribution in [3.05, 3.63) is 52.4 Å². The number of thiazole rings is 1. The second-order valence-electron chi connectivity index (χ2n) is 7.71. The average molecular weight is 394 g/mol. The lowest BCUT2D eigenvalue weighted by Gasteiger charge is -2.31. The van der Waals surface area contributed by atoms with Crippen molar-refractivity contribution in [1.82, 2.24) is 24.6 Å². The molecule has 0 unspecified atom stereocenters. The van der Waals surface area contributed by atoms with Gasteiger partial charge in [0, 0.05) is 55.3 Å². The van der Waals surface area contributed by atoms with E-state index in [-0.39, 0.29) is 5.91 Å². The maximum atomic E-state index is 13.1. The van der Waals surface area contributed by atoms with Crippen molar-refractivity contribution in [3.63, 3.8) is 0 Å². The second-order valence-corrected chi connectivity index (χ2v) is 8.60. The number of aryl methyl sites for hydroxylation is 1. The van der Waals surface area contributed by atoms with Gasteiger partial charge in [0.2, 0.25) is 0 Å². The molecule has 0 bridgehead atoms. The van der Waals surface area contributed by atoms with E-state index in [9.17, 15) is 4.79 Å². The molecule has 0 aromatic carbocycles. The number of hydrogen-bond acceptors (Lipinski definition) is 5. The summed E-state index contributed by atoms with van der Waals surface area (Å²) in [6.45, 7) is 1.57. The van der Waals surface area contributed by atoms with Gasteiger partial charge in [0.25, 0.3) is 5.91 Å². The van der Waals surface area contributed by atoms with Gasteiger partial charge in [-0.15, -0.1) is 11.3 Å². The molecule has 144 valence electrons. The highest BCUT2D eigenvalue weighted by molar-refractivity contribution is 7.10. The van der Waals surface area contributed by atoms with Gasteiger partial charge in [-0.3, -0.25) is 14.5 Å². The van der Waals surface area contributed by atoms with Crippen molar-refractivity contribution < 1.29 is 4.79 Å². The van der Waals surface area contributed by atoms with Crippen LogP contribution in [0, 0.1) is 0 Å². The van der Waals surface area contributed by atoms with Gasteiger partial charge >= 0.3 is 0 Å². The third-order valence-electron chi connectivity index (χ3n) is 5.81. The lowest BCUT2D eigenvalue weighted by Crippen LogP contribution is -2.38. The van der Waals surface area contributed by atoms with Gasteiger partial charge < -0.3 is 4.90 Å². The first kappa shape index (κ1) is 17.6. The zero-order valence-electron chi connectivity index (χ0n) is 15.9. The standard InChI is InChI=1S/C21H23N5OS/c1-25-19(15-2-3-15)17(12-23-25)21(27)26-10-6-16(7-11-26)20-24-18(13-28-20)14-4-8-22-9-5-14/h4-5,8-9,12-13,15-16H,2-3,6-7,10-11H2,1H3. The molecule has 1 saturated heterocycles. The van der Waals surface area contributed by atoms with E-state index in [2.05, 4.69) is 15.5 Å². The first-order chi connectivity index (χ1) is 13.7. The van der Waals surface area contributed by atoms with Crippen LogP contribution < -0.4 is 0 Å². The van der Waals surface area contributed by atoms with E-state index in [0.29, 0.717) is 11.8 Å². The van der Waals surface area contributed by atoms with E-state index in [1.165, 1.54) is 17.8 Å². The van der Waals surface area contributed by atoms with Crippen LogP contribution in [0.2, 0.25) is 0 Å². The van der Waals surface area contributed by atoms with E-state index in [0.717, 1.165) is 48.4 Å². The Morgan fingerprint density at radius 2 is 1.86 bits per heavy atom. The monoisotopic (exact) mass is 393 g/mol. The van der Waals surface area contributed by atoms with Crippen molar-refractivity contribution in [1.29, 1.82) is 0 Å². The van der Waals surface area contributed by atoms with Crippen LogP contribution >= 0.6 is 11.3 Å². The van der Waals surface area contributed by atoms with Gasteiger partial charge in [-0.05, 0) is 37.8 Å². The van der Waals surface area contributed by atoms with Gasteiger partial charge in [-0.1, -0.05) is 0 Å². The second kappa shape index (κ2) is 7.13. The van der Waals surface area contributed by atoms with Crippen LogP contribution in [0.25, 0.3) is 11.3 Å². The zero-order chi connectivity index (χ0) is 19.1. The molecule has 1 amide bonds. The summed E-state index contributed by atoms with van der Waals surface area (Å²) in [6, 6.07) is 3.98. The van der Waals surface area contributed by atoms with Gasteiger partial charge in [-0.25, -0.2) is 4.98 Å². The Hall–Kier alpha value is -2.54. The predicted octanol–water partition coefficient (Wildman–Crippen LogP) is 3.84. The largest absolute Gasteiger partial charge is 0.338 e. The molecule has 0 radical (unpaired) electrons. The summed E-state index contributed by atoms with van der Waals surface area (Å²) < 4.78 is 1.88. The van der Waals surface area contributed by atoms with Crippen LogP contribution in [0.15, 0.2) is 36.1 Å². The Morgan fingerprint density at radius 1 is 1.11 bits per heavy atom. The Kier molecular flexibility index (Phi) is 4.47. The van der Waals surface area contributed by atoms with Crippen LogP contribution in [0.5, 0.6) is 0 Å². The summed E-state index contributed by atoms with van der Waals surface area (Å²) >= 11 is 1.73. The highest BCUT2D eigenvalue weighted by atomic mass is 32.1. The number of carbonyl (C=O) groups is 1. The lowest BCUT2D eigenvalue weighted by molar-refractivity contribution is 0.0711. The Bertz CT molecular complexity index is 983. The SMILES string of the molecule is Cn1ncc(C(=O)N2CCC(c3nc(-c4ccncc4)cs3)CC2)c1C1CC1. The molecule has 0 spiro atoms. The third-order valence-corrected chi connectivity index (χ3v) is 6.82. The summed E-state index contributed by atoms with van der Waals surface area (Å²) in [5, 5.41) is 7.65. The molecule has 0 atom stereocenters. The minimum absolute atomic E-state index is 0.144. The molecular weight excluding hydrogens is 370 g/mol. The number of hydrogen-bond donors (Lipinski definition) is 0. The van der Waals surface area contributed by atoms with E-state index in [1.54, 1.807) is 29.9 Å². The number of rotatable bonds is 4. The first-order valence-corrected chi connectivity index (χ1v) is 10.8. The molecule has 0 N–H and O–H groups in total. The summed E-state index contributed by atoms with van der Waals surface area (Å²) in [6.07, 6.45) is 9.63. The van der Waals surface area contributed by atoms with Crippen molar-refractivity contribution in [2.45, 2.75) is 37.5 Å². The molecule has 6 nitrogen and oxygen atoms in total. The summed E-state index contributed by atoms with van der Waals surface area (Å²) in [4.78, 5) is 24.0. The molecule has 3 aromatic heterocycles. The van der Waals surface area contributed by atoms with Crippen LogP contribution in [-0.4, -0.2) is 43.6 Å². The highest BCUT2D eigenvalue weighted by Crippen LogP contribution is 2.42. The van der Waals surface area contributed by atoms with Gasteiger partial charge in [0.05, 0.1) is 28.2 Å². The van der Waals surface area contributed by atoms with Crippen LogP contribution in [0.4, 0.5) is 0 Å².